The van der Waals surface area contributed by atoms with Crippen molar-refractivity contribution in [2.45, 2.75) is 43.0 Å². The molecule has 0 saturated carbocycles. The minimum atomic E-state index is -1.80. The third-order valence-corrected chi connectivity index (χ3v) is 10.7. The van der Waals surface area contributed by atoms with E-state index in [-0.39, 0.29) is 0 Å². The monoisotopic (exact) mass is 784 g/mol. The van der Waals surface area contributed by atoms with Crippen LogP contribution in [-0.4, -0.2) is 28.2 Å². The van der Waals surface area contributed by atoms with Gasteiger partial charge in [0.15, 0.2) is 5.79 Å². The molecule has 1 fully saturated rings. The predicted octanol–water partition coefficient (Wildman–Crippen LogP) is 11.4. The van der Waals surface area contributed by atoms with Gasteiger partial charge in [-0.25, -0.2) is 0 Å². The number of hydrogen-bond acceptors (Lipinski definition) is 4. The van der Waals surface area contributed by atoms with E-state index < -0.39 is 46.2 Å². The van der Waals surface area contributed by atoms with Gasteiger partial charge in [0, 0.05) is 0 Å². The van der Waals surface area contributed by atoms with Crippen molar-refractivity contribution >= 4 is 61.7 Å². The fourth-order valence-corrected chi connectivity index (χ4v) is 8.51. The average Bonchev–Trinajstić information content (AvgIpc) is 3.55. The molecule has 0 aliphatic carbocycles. The van der Waals surface area contributed by atoms with E-state index in [1.54, 1.807) is 0 Å². The Morgan fingerprint density at radius 1 is 0.426 bits per heavy atom. The zero-order chi connectivity index (χ0) is 37.5. The zero-order valence-electron chi connectivity index (χ0n) is 29.8. The quantitative estimate of drug-likeness (QED) is 0.165. The second-order valence-corrected chi connectivity index (χ2v) is 16.8. The Balaban J connectivity index is 0.00000134. The van der Waals surface area contributed by atoms with E-state index in [1.807, 2.05) is 135 Å². The molecule has 0 radical (unpaired) electrons. The maximum absolute atomic E-state index is 14.0. The van der Waals surface area contributed by atoms with Crippen LogP contribution < -0.4 is 0 Å². The van der Waals surface area contributed by atoms with Gasteiger partial charge in [0.25, 0.3) is 0 Å². The van der Waals surface area contributed by atoms with Crippen LogP contribution in [-0.2, 0) is 37.7 Å². The molecule has 0 unspecified atom stereocenters. The normalized spacial score (nSPS) is 17.1. The van der Waals surface area contributed by atoms with Crippen molar-refractivity contribution in [2.24, 2.45) is 0 Å². The molecule has 268 valence electrons. The molecule has 54 heavy (non-hydrogen) atoms. The Morgan fingerprint density at radius 2 is 0.648 bits per heavy atom. The number of ether oxygens (including phenoxy) is 2. The van der Waals surface area contributed by atoms with Gasteiger partial charge in [0.1, 0.15) is 23.4 Å². The number of halogens is 2. The first-order chi connectivity index (χ1) is 26.2. The number of aliphatic hydroxyl groups is 2. The fraction of sp³-hybridized carbons (Fsp3) is 0.149. The van der Waals surface area contributed by atoms with E-state index in [0.29, 0.717) is 22.3 Å². The van der Waals surface area contributed by atoms with E-state index in [4.69, 9.17) is 28.1 Å². The SMILES string of the molecule is CC1(C)O[C@@H](C(O)(c2cccc3ccccc23)c2cccc3ccccc23)[C@H](C(O)(c2cccc3ccccc23)c2cccc3ccccc23)O1.[Cl][Ti][Cl]. The number of hydrogen-bond donors (Lipinski definition) is 2. The summed E-state index contributed by atoms with van der Waals surface area (Å²) in [4.78, 5) is 0. The van der Waals surface area contributed by atoms with Gasteiger partial charge in [-0.3, -0.25) is 0 Å². The molecule has 7 heteroatoms. The van der Waals surface area contributed by atoms with Gasteiger partial charge in [0.2, 0.25) is 0 Å². The summed E-state index contributed by atoms with van der Waals surface area (Å²) in [7, 11) is 9.78. The van der Waals surface area contributed by atoms with Crippen LogP contribution in [0.3, 0.4) is 0 Å². The molecule has 2 N–H and O–H groups in total. The summed E-state index contributed by atoms with van der Waals surface area (Å²) in [5.41, 5.74) is -0.914. The van der Waals surface area contributed by atoms with Gasteiger partial charge < -0.3 is 19.7 Å². The maximum atomic E-state index is 14.0. The molecule has 9 rings (SSSR count). The van der Waals surface area contributed by atoms with Gasteiger partial charge in [-0.2, -0.15) is 0 Å². The molecule has 1 saturated heterocycles. The van der Waals surface area contributed by atoms with Gasteiger partial charge >= 0.3 is 35.6 Å². The summed E-state index contributed by atoms with van der Waals surface area (Å²) in [6, 6.07) is 56.4. The fourth-order valence-electron chi connectivity index (χ4n) is 8.51. The van der Waals surface area contributed by atoms with Crippen molar-refractivity contribution in [3.8, 4) is 0 Å². The Hall–Kier alpha value is -4.07. The second kappa shape index (κ2) is 14.9. The van der Waals surface area contributed by atoms with E-state index in [2.05, 4.69) is 48.5 Å². The molecule has 4 nitrogen and oxygen atoms in total. The molecule has 1 heterocycles. The molecule has 1 aliphatic rings. The molecular formula is C47H38Cl2O4Ti. The standard InChI is InChI=1S/C47H38O4.2ClH.Ti/c1-45(2)50-43(46(48,39-27-11-19-31-15-3-7-23-35(31)39)40-28-12-20-32-16-4-8-24-36(32)40)44(51-45)47(49,41-29-13-21-33-17-5-9-25-37(33)41)42-30-14-22-34-18-6-10-26-38(34)42;;;/h3-30,43-44,48-49H,1-2H3;2*1H;/q;;;+2/p-2/t43-,44-;;;/m1.../s1. The van der Waals surface area contributed by atoms with E-state index >= 15 is 0 Å². The van der Waals surface area contributed by atoms with Crippen molar-refractivity contribution in [2.75, 3.05) is 0 Å². The van der Waals surface area contributed by atoms with Crippen molar-refractivity contribution < 1.29 is 36.7 Å². The Kier molecular flexibility index (Phi) is 10.2. The van der Waals surface area contributed by atoms with Crippen LogP contribution >= 0.6 is 18.6 Å². The molecular weight excluding hydrogens is 747 g/mol. The summed E-state index contributed by atoms with van der Waals surface area (Å²) in [6.07, 6.45) is -2.18. The van der Waals surface area contributed by atoms with Crippen LogP contribution in [0.2, 0.25) is 0 Å². The molecule has 0 spiro atoms. The van der Waals surface area contributed by atoms with Crippen LogP contribution in [0.4, 0.5) is 0 Å². The van der Waals surface area contributed by atoms with Crippen molar-refractivity contribution in [1.29, 1.82) is 0 Å². The van der Waals surface area contributed by atoms with Gasteiger partial charge in [-0.1, -0.05) is 170 Å². The summed E-state index contributed by atoms with van der Waals surface area (Å²) >= 11 is -0.556. The van der Waals surface area contributed by atoms with Gasteiger partial charge in [-0.15, -0.1) is 0 Å². The molecule has 1 aliphatic heterocycles. The number of rotatable bonds is 6. The molecule has 8 aromatic rings. The van der Waals surface area contributed by atoms with Crippen LogP contribution in [0.25, 0.3) is 43.1 Å². The van der Waals surface area contributed by atoms with Gasteiger partial charge in [0.05, 0.1) is 0 Å². The first-order valence-electron chi connectivity index (χ1n) is 17.9. The summed E-state index contributed by atoms with van der Waals surface area (Å²) < 4.78 is 14.0. The average molecular weight is 786 g/mol. The van der Waals surface area contributed by atoms with Crippen LogP contribution in [0.15, 0.2) is 170 Å². The van der Waals surface area contributed by atoms with Crippen LogP contribution in [0.1, 0.15) is 36.1 Å². The van der Waals surface area contributed by atoms with E-state index in [0.717, 1.165) is 43.1 Å². The summed E-state index contributed by atoms with van der Waals surface area (Å²) in [5, 5.41) is 35.6. The molecule has 8 aromatic carbocycles. The summed E-state index contributed by atoms with van der Waals surface area (Å²) in [5.74, 6) is -1.18. The Bertz CT molecular complexity index is 2270. The summed E-state index contributed by atoms with van der Waals surface area (Å²) in [6.45, 7) is 3.72. The first kappa shape index (κ1) is 36.9. The molecule has 0 bridgehead atoms. The van der Waals surface area contributed by atoms with Gasteiger partial charge in [-0.05, 0) is 79.2 Å². The number of fused-ring (bicyclic) bond motifs is 4. The molecule has 0 aromatic heterocycles. The molecule has 0 amide bonds. The zero-order valence-corrected chi connectivity index (χ0v) is 32.9. The Labute approximate surface area is 331 Å². The Morgan fingerprint density at radius 3 is 0.907 bits per heavy atom. The minimum absolute atomic E-state index is 0.556. The third-order valence-electron chi connectivity index (χ3n) is 10.7. The predicted molar refractivity (Wildman–Crippen MR) is 217 cm³/mol. The first-order valence-corrected chi connectivity index (χ1v) is 22.2. The van der Waals surface area contributed by atoms with E-state index in [9.17, 15) is 10.2 Å². The van der Waals surface area contributed by atoms with Crippen molar-refractivity contribution in [3.05, 3.63) is 192 Å². The van der Waals surface area contributed by atoms with Crippen molar-refractivity contribution in [1.82, 2.24) is 0 Å². The van der Waals surface area contributed by atoms with Crippen molar-refractivity contribution in [3.63, 3.8) is 0 Å². The van der Waals surface area contributed by atoms with Crippen LogP contribution in [0, 0.1) is 0 Å². The second-order valence-electron chi connectivity index (χ2n) is 14.2. The van der Waals surface area contributed by atoms with E-state index in [1.165, 1.54) is 0 Å². The number of benzene rings is 8. The van der Waals surface area contributed by atoms with Crippen LogP contribution in [0.5, 0.6) is 0 Å². The third kappa shape index (κ3) is 6.25. The molecule has 2 atom stereocenters. The topological polar surface area (TPSA) is 58.9 Å².